The minimum absolute atomic E-state index is 0.0202. The van der Waals surface area contributed by atoms with Gasteiger partial charge in [0.2, 0.25) is 11.8 Å². The van der Waals surface area contributed by atoms with E-state index in [-0.39, 0.29) is 37.8 Å². The fraction of sp³-hybridized carbons (Fsp3) is 0.429. The summed E-state index contributed by atoms with van der Waals surface area (Å²) in [7, 11) is 1.46. The van der Waals surface area contributed by atoms with E-state index in [2.05, 4.69) is 5.32 Å². The predicted molar refractivity (Wildman–Crippen MR) is 146 cm³/mol. The largest absolute Gasteiger partial charge is 0.493 e. The number of fused-ring (bicyclic) bond motifs is 3. The molecular weight excluding hydrogens is 547 g/mol. The van der Waals surface area contributed by atoms with Crippen LogP contribution in [0, 0.1) is 5.92 Å². The van der Waals surface area contributed by atoms with Crippen molar-refractivity contribution in [3.8, 4) is 11.5 Å². The van der Waals surface area contributed by atoms with Gasteiger partial charge in [-0.15, -0.1) is 0 Å². The molecule has 2 aromatic carbocycles. The van der Waals surface area contributed by atoms with E-state index in [1.807, 2.05) is 0 Å². The van der Waals surface area contributed by atoms with Crippen LogP contribution in [0.5, 0.6) is 11.5 Å². The van der Waals surface area contributed by atoms with E-state index >= 15 is 0 Å². The number of benzene rings is 2. The smallest absolute Gasteiger partial charge is 0.247 e. The molecule has 0 aromatic heterocycles. The van der Waals surface area contributed by atoms with Crippen LogP contribution in [0.25, 0.3) is 0 Å². The van der Waals surface area contributed by atoms with Crippen LogP contribution >= 0.6 is 23.2 Å². The summed E-state index contributed by atoms with van der Waals surface area (Å²) in [5.74, 6) is -1.11. The SMILES string of the molecule is COc1cc(CO)cc2c1OC1C2C(C(=O)NCCO)=CC(N(Cc2ccc(Cl)c(Cl)c2)C(=O)C(C)C)C1O. The molecule has 0 bridgehead atoms. The van der Waals surface area contributed by atoms with Crippen molar-refractivity contribution in [1.82, 2.24) is 10.2 Å². The second-order valence-electron chi connectivity index (χ2n) is 9.89. The molecule has 39 heavy (non-hydrogen) atoms. The molecule has 4 unspecified atom stereocenters. The Balaban J connectivity index is 1.83. The Bertz CT molecular complexity index is 1280. The molecule has 4 rings (SSSR count). The monoisotopic (exact) mass is 578 g/mol. The molecule has 11 heteroatoms. The first-order valence-electron chi connectivity index (χ1n) is 12.6. The Morgan fingerprint density at radius 2 is 1.87 bits per heavy atom. The zero-order valence-corrected chi connectivity index (χ0v) is 23.4. The molecule has 2 aromatic rings. The number of ether oxygens (including phenoxy) is 2. The molecule has 9 nitrogen and oxygen atoms in total. The summed E-state index contributed by atoms with van der Waals surface area (Å²) in [4.78, 5) is 28.4. The number of hydrogen-bond donors (Lipinski definition) is 4. The van der Waals surface area contributed by atoms with Crippen LogP contribution in [-0.2, 0) is 22.7 Å². The van der Waals surface area contributed by atoms with Gasteiger partial charge in [0.05, 0.1) is 42.3 Å². The predicted octanol–water partition coefficient (Wildman–Crippen LogP) is 2.80. The summed E-state index contributed by atoms with van der Waals surface area (Å²) in [5, 5.41) is 34.2. The number of carbonyl (C=O) groups is 2. The summed E-state index contributed by atoms with van der Waals surface area (Å²) in [5.41, 5.74) is 2.10. The normalized spacial score (nSPS) is 21.5. The molecule has 1 aliphatic carbocycles. The van der Waals surface area contributed by atoms with E-state index in [1.165, 1.54) is 12.0 Å². The lowest BCUT2D eigenvalue weighted by molar-refractivity contribution is -0.141. The van der Waals surface area contributed by atoms with Crippen molar-refractivity contribution in [1.29, 1.82) is 0 Å². The molecule has 2 amide bonds. The van der Waals surface area contributed by atoms with Crippen molar-refractivity contribution in [2.45, 2.75) is 51.2 Å². The van der Waals surface area contributed by atoms with Gasteiger partial charge < -0.3 is 35.0 Å². The Morgan fingerprint density at radius 1 is 1.13 bits per heavy atom. The van der Waals surface area contributed by atoms with Gasteiger partial charge in [0.15, 0.2) is 11.5 Å². The third kappa shape index (κ3) is 5.73. The maximum Gasteiger partial charge on any atom is 0.247 e. The number of nitrogens with one attached hydrogen (secondary N) is 1. The summed E-state index contributed by atoms with van der Waals surface area (Å²) >= 11 is 12.3. The van der Waals surface area contributed by atoms with Crippen LogP contribution in [-0.4, -0.2) is 70.5 Å². The highest BCUT2D eigenvalue weighted by Crippen LogP contribution is 2.51. The number of aliphatic hydroxyl groups excluding tert-OH is 3. The first-order chi connectivity index (χ1) is 18.6. The van der Waals surface area contributed by atoms with Crippen LogP contribution < -0.4 is 14.8 Å². The highest BCUT2D eigenvalue weighted by atomic mass is 35.5. The number of methoxy groups -OCH3 is 1. The van der Waals surface area contributed by atoms with Gasteiger partial charge in [-0.3, -0.25) is 9.59 Å². The van der Waals surface area contributed by atoms with Crippen LogP contribution in [0.2, 0.25) is 10.0 Å². The molecule has 4 atom stereocenters. The first kappa shape index (κ1) is 29.2. The average Bonchev–Trinajstić information content (AvgIpc) is 3.31. The minimum Gasteiger partial charge on any atom is -0.493 e. The fourth-order valence-corrected chi connectivity index (χ4v) is 5.44. The number of hydrogen-bond acceptors (Lipinski definition) is 7. The second kappa shape index (κ2) is 12.1. The van der Waals surface area contributed by atoms with Crippen molar-refractivity contribution in [3.05, 3.63) is 68.7 Å². The van der Waals surface area contributed by atoms with Crippen molar-refractivity contribution in [3.63, 3.8) is 0 Å². The lowest BCUT2D eigenvalue weighted by atomic mass is 9.77. The Morgan fingerprint density at radius 3 is 2.49 bits per heavy atom. The average molecular weight is 579 g/mol. The molecule has 2 aliphatic rings. The number of amides is 2. The first-order valence-corrected chi connectivity index (χ1v) is 13.4. The van der Waals surface area contributed by atoms with Gasteiger partial charge in [-0.25, -0.2) is 0 Å². The van der Waals surface area contributed by atoms with Crippen molar-refractivity contribution >= 4 is 35.0 Å². The van der Waals surface area contributed by atoms with Crippen LogP contribution in [0.4, 0.5) is 0 Å². The van der Waals surface area contributed by atoms with Crippen molar-refractivity contribution < 1.29 is 34.4 Å². The zero-order chi connectivity index (χ0) is 28.4. The third-order valence-electron chi connectivity index (χ3n) is 6.97. The van der Waals surface area contributed by atoms with E-state index in [4.69, 9.17) is 32.7 Å². The number of carbonyl (C=O) groups excluding carboxylic acids is 2. The van der Waals surface area contributed by atoms with Gasteiger partial charge in [-0.2, -0.15) is 0 Å². The van der Waals surface area contributed by atoms with E-state index in [1.54, 1.807) is 50.3 Å². The highest BCUT2D eigenvalue weighted by molar-refractivity contribution is 6.42. The summed E-state index contributed by atoms with van der Waals surface area (Å²) in [6, 6.07) is 7.46. The lowest BCUT2D eigenvalue weighted by Gasteiger charge is -2.41. The fourth-order valence-electron chi connectivity index (χ4n) is 5.12. The summed E-state index contributed by atoms with van der Waals surface area (Å²) in [6.45, 7) is 3.10. The van der Waals surface area contributed by atoms with Gasteiger partial charge >= 0.3 is 0 Å². The maximum absolute atomic E-state index is 13.5. The summed E-state index contributed by atoms with van der Waals surface area (Å²) in [6.07, 6.45) is -0.555. The lowest BCUT2D eigenvalue weighted by Crippen LogP contribution is -2.56. The molecule has 0 saturated heterocycles. The second-order valence-corrected chi connectivity index (χ2v) is 10.7. The number of rotatable bonds is 9. The van der Waals surface area contributed by atoms with Gasteiger partial charge in [0.1, 0.15) is 12.2 Å². The van der Waals surface area contributed by atoms with Crippen LogP contribution in [0.1, 0.15) is 36.5 Å². The van der Waals surface area contributed by atoms with Gasteiger partial charge in [0.25, 0.3) is 0 Å². The van der Waals surface area contributed by atoms with Gasteiger partial charge in [-0.05, 0) is 41.5 Å². The Kier molecular flexibility index (Phi) is 9.08. The number of aliphatic hydroxyl groups is 3. The molecule has 0 saturated carbocycles. The zero-order valence-electron chi connectivity index (χ0n) is 21.9. The van der Waals surface area contributed by atoms with E-state index < -0.39 is 36.0 Å². The van der Waals surface area contributed by atoms with E-state index in [0.29, 0.717) is 38.2 Å². The minimum atomic E-state index is -1.22. The van der Waals surface area contributed by atoms with Crippen LogP contribution in [0.3, 0.4) is 0 Å². The standard InChI is InChI=1S/C28H32Cl2N2O7/c1-14(2)28(37)32(12-15-4-5-19(29)20(30)9-15)21-11-18(27(36)31-6-7-33)23-17-8-16(13-34)10-22(38-3)25(17)39-26(23)24(21)35/h4-5,8-11,14,21,23-24,26,33-35H,6-7,12-13H2,1-3H3,(H,31,36). The van der Waals surface area contributed by atoms with E-state index in [9.17, 15) is 24.9 Å². The Labute approximate surface area is 236 Å². The molecule has 210 valence electrons. The molecule has 4 N–H and O–H groups in total. The number of halogens is 2. The quantitative estimate of drug-likeness (QED) is 0.360. The van der Waals surface area contributed by atoms with Gasteiger partial charge in [0, 0.05) is 30.1 Å². The highest BCUT2D eigenvalue weighted by Gasteiger charge is 2.51. The molecular formula is C28H32Cl2N2O7. The molecule has 0 radical (unpaired) electrons. The Hall–Kier alpha value is -2.82. The molecule has 0 spiro atoms. The third-order valence-corrected chi connectivity index (χ3v) is 7.71. The molecule has 1 heterocycles. The molecule has 0 fully saturated rings. The topological polar surface area (TPSA) is 129 Å². The number of nitrogens with zero attached hydrogens (tertiary/aromatic N) is 1. The van der Waals surface area contributed by atoms with Crippen molar-refractivity contribution in [2.24, 2.45) is 5.92 Å². The van der Waals surface area contributed by atoms with Crippen LogP contribution in [0.15, 0.2) is 42.0 Å². The van der Waals surface area contributed by atoms with Crippen molar-refractivity contribution in [2.75, 3.05) is 20.3 Å². The summed E-state index contributed by atoms with van der Waals surface area (Å²) < 4.78 is 11.7. The maximum atomic E-state index is 13.5. The van der Waals surface area contributed by atoms with Gasteiger partial charge in [-0.1, -0.05) is 43.1 Å². The molecule has 1 aliphatic heterocycles. The van der Waals surface area contributed by atoms with E-state index in [0.717, 1.165) is 0 Å².